The Kier molecular flexibility index (Phi) is 6.04. The van der Waals surface area contributed by atoms with Crippen molar-refractivity contribution in [3.8, 4) is 0 Å². The van der Waals surface area contributed by atoms with Gasteiger partial charge in [-0.2, -0.15) is 0 Å². The van der Waals surface area contributed by atoms with E-state index >= 15 is 0 Å². The van der Waals surface area contributed by atoms with Gasteiger partial charge in [-0.05, 0) is 50.3 Å². The number of rotatable bonds is 6. The van der Waals surface area contributed by atoms with E-state index in [9.17, 15) is 0 Å². The number of unbranched alkanes of at least 4 members (excludes halogenated alkanes) is 4. The first kappa shape index (κ1) is 14.0. The van der Waals surface area contributed by atoms with E-state index in [4.69, 9.17) is 0 Å². The summed E-state index contributed by atoms with van der Waals surface area (Å²) in [7, 11) is 0. The minimum Gasteiger partial charge on any atom is -0.0839 e. The molecule has 0 heteroatoms. The van der Waals surface area contributed by atoms with Crippen LogP contribution in [0.5, 0.6) is 0 Å². The van der Waals surface area contributed by atoms with Gasteiger partial charge >= 0.3 is 0 Å². The molecule has 17 heavy (non-hydrogen) atoms. The quantitative estimate of drug-likeness (QED) is 0.558. The largest absolute Gasteiger partial charge is 0.0839 e. The fourth-order valence-electron chi connectivity index (χ4n) is 2.15. The average molecular weight is 230 g/mol. The topological polar surface area (TPSA) is 0 Å². The minimum atomic E-state index is 1.21. The van der Waals surface area contributed by atoms with Gasteiger partial charge in [-0.1, -0.05) is 56.0 Å². The maximum absolute atomic E-state index is 2.33. The first-order chi connectivity index (χ1) is 8.15. The summed E-state index contributed by atoms with van der Waals surface area (Å²) in [4.78, 5) is 0. The molecule has 0 spiro atoms. The van der Waals surface area contributed by atoms with E-state index in [-0.39, 0.29) is 0 Å². The Labute approximate surface area is 107 Å². The summed E-state index contributed by atoms with van der Waals surface area (Å²) in [5.41, 5.74) is 5.56. The van der Waals surface area contributed by atoms with Crippen molar-refractivity contribution < 1.29 is 0 Å². The van der Waals surface area contributed by atoms with Gasteiger partial charge in [0.25, 0.3) is 0 Å². The zero-order valence-corrected chi connectivity index (χ0v) is 11.8. The van der Waals surface area contributed by atoms with E-state index in [1.54, 1.807) is 0 Å². The van der Waals surface area contributed by atoms with E-state index in [1.807, 2.05) is 0 Å². The monoisotopic (exact) mass is 230 g/mol. The smallest absolute Gasteiger partial charge is 0.0225 e. The molecular weight excluding hydrogens is 204 g/mol. The highest BCUT2D eigenvalue weighted by Crippen LogP contribution is 2.17. The lowest BCUT2D eigenvalue weighted by Gasteiger charge is -2.06. The van der Waals surface area contributed by atoms with Crippen molar-refractivity contribution in [2.24, 2.45) is 0 Å². The molecule has 0 aliphatic carbocycles. The molecule has 94 valence electrons. The van der Waals surface area contributed by atoms with Crippen LogP contribution in [0.1, 0.15) is 61.3 Å². The van der Waals surface area contributed by atoms with Crippen LogP contribution in [0.4, 0.5) is 0 Å². The number of benzene rings is 1. The number of allylic oxidation sites excluding steroid dienone is 1. The second-order valence-corrected chi connectivity index (χ2v) is 5.05. The maximum Gasteiger partial charge on any atom is -0.0225 e. The van der Waals surface area contributed by atoms with E-state index in [0.717, 1.165) is 0 Å². The Bertz CT molecular complexity index is 372. The predicted octanol–water partition coefficient (Wildman–Crippen LogP) is 5.60. The summed E-state index contributed by atoms with van der Waals surface area (Å²) in [5, 5.41) is 0. The highest BCUT2D eigenvalue weighted by atomic mass is 14.0. The molecule has 0 N–H and O–H groups in total. The molecule has 0 amide bonds. The SMILES string of the molecule is CCCCCCC=Cc1cc(C)cc(C)c1C. The Morgan fingerprint density at radius 2 is 1.76 bits per heavy atom. The third kappa shape index (κ3) is 4.77. The third-order valence-electron chi connectivity index (χ3n) is 3.37. The van der Waals surface area contributed by atoms with Gasteiger partial charge in [0.2, 0.25) is 0 Å². The number of aryl methyl sites for hydroxylation is 2. The summed E-state index contributed by atoms with van der Waals surface area (Å²) in [5.74, 6) is 0. The Morgan fingerprint density at radius 3 is 2.47 bits per heavy atom. The molecule has 0 fully saturated rings. The van der Waals surface area contributed by atoms with Crippen LogP contribution in [0.3, 0.4) is 0 Å². The molecule has 0 saturated heterocycles. The van der Waals surface area contributed by atoms with Crippen LogP contribution in [0, 0.1) is 20.8 Å². The highest BCUT2D eigenvalue weighted by molar-refractivity contribution is 5.56. The summed E-state index contributed by atoms with van der Waals surface area (Å²) in [6, 6.07) is 4.54. The number of hydrogen-bond acceptors (Lipinski definition) is 0. The van der Waals surface area contributed by atoms with Crippen molar-refractivity contribution in [3.05, 3.63) is 40.5 Å². The van der Waals surface area contributed by atoms with Crippen LogP contribution >= 0.6 is 0 Å². The Balaban J connectivity index is 2.53. The fraction of sp³-hybridized carbons (Fsp3) is 0.529. The molecular formula is C17H26. The summed E-state index contributed by atoms with van der Waals surface area (Å²) in [6.45, 7) is 8.84. The molecule has 0 aliphatic rings. The first-order valence-corrected chi connectivity index (χ1v) is 6.89. The molecule has 0 atom stereocenters. The van der Waals surface area contributed by atoms with Crippen molar-refractivity contribution in [1.29, 1.82) is 0 Å². The molecule has 0 bridgehead atoms. The lowest BCUT2D eigenvalue weighted by atomic mass is 9.99. The molecule has 1 aromatic carbocycles. The molecule has 1 aromatic rings. The molecule has 1 rings (SSSR count). The molecule has 0 aliphatic heterocycles. The average Bonchev–Trinajstić information content (AvgIpc) is 2.29. The molecule has 0 radical (unpaired) electrons. The van der Waals surface area contributed by atoms with Crippen LogP contribution in [0.25, 0.3) is 6.08 Å². The standard InChI is InChI=1S/C17H26/c1-5-6-7-8-9-10-11-17-13-14(2)12-15(3)16(17)4/h10-13H,5-9H2,1-4H3. The predicted molar refractivity (Wildman–Crippen MR) is 78.4 cm³/mol. The fourth-order valence-corrected chi connectivity index (χ4v) is 2.15. The van der Waals surface area contributed by atoms with Gasteiger partial charge in [0, 0.05) is 0 Å². The van der Waals surface area contributed by atoms with Gasteiger partial charge in [0.1, 0.15) is 0 Å². The van der Waals surface area contributed by atoms with Crippen LogP contribution in [0.15, 0.2) is 18.2 Å². The van der Waals surface area contributed by atoms with Crippen LogP contribution in [-0.2, 0) is 0 Å². The first-order valence-electron chi connectivity index (χ1n) is 6.89. The van der Waals surface area contributed by atoms with Gasteiger partial charge in [-0.25, -0.2) is 0 Å². The van der Waals surface area contributed by atoms with Crippen molar-refractivity contribution in [1.82, 2.24) is 0 Å². The van der Waals surface area contributed by atoms with Crippen molar-refractivity contribution >= 4 is 6.08 Å². The molecule has 0 unspecified atom stereocenters. The number of hydrogen-bond donors (Lipinski definition) is 0. The van der Waals surface area contributed by atoms with Gasteiger partial charge in [0.15, 0.2) is 0 Å². The molecule has 0 heterocycles. The Morgan fingerprint density at radius 1 is 1.00 bits per heavy atom. The maximum atomic E-state index is 2.33. The van der Waals surface area contributed by atoms with E-state index in [0.29, 0.717) is 0 Å². The molecule has 0 saturated carbocycles. The van der Waals surface area contributed by atoms with Crippen LogP contribution < -0.4 is 0 Å². The summed E-state index contributed by atoms with van der Waals surface area (Å²) < 4.78 is 0. The van der Waals surface area contributed by atoms with Gasteiger partial charge in [-0.15, -0.1) is 0 Å². The van der Waals surface area contributed by atoms with E-state index in [1.165, 1.54) is 54.4 Å². The van der Waals surface area contributed by atoms with Crippen LogP contribution in [0.2, 0.25) is 0 Å². The normalized spacial score (nSPS) is 11.3. The van der Waals surface area contributed by atoms with E-state index in [2.05, 4.69) is 52.0 Å². The lowest BCUT2D eigenvalue weighted by Crippen LogP contribution is -1.88. The highest BCUT2D eigenvalue weighted by Gasteiger charge is 1.99. The third-order valence-corrected chi connectivity index (χ3v) is 3.37. The zero-order chi connectivity index (χ0) is 12.7. The minimum absolute atomic E-state index is 1.21. The van der Waals surface area contributed by atoms with Gasteiger partial charge < -0.3 is 0 Å². The summed E-state index contributed by atoms with van der Waals surface area (Å²) >= 11 is 0. The Hall–Kier alpha value is -1.04. The zero-order valence-electron chi connectivity index (χ0n) is 11.8. The second-order valence-electron chi connectivity index (χ2n) is 5.05. The van der Waals surface area contributed by atoms with E-state index < -0.39 is 0 Å². The van der Waals surface area contributed by atoms with Crippen molar-refractivity contribution in [3.63, 3.8) is 0 Å². The van der Waals surface area contributed by atoms with Crippen molar-refractivity contribution in [2.45, 2.75) is 59.8 Å². The van der Waals surface area contributed by atoms with Gasteiger partial charge in [-0.3, -0.25) is 0 Å². The van der Waals surface area contributed by atoms with Crippen LogP contribution in [-0.4, -0.2) is 0 Å². The molecule has 0 nitrogen and oxygen atoms in total. The van der Waals surface area contributed by atoms with Crippen molar-refractivity contribution in [2.75, 3.05) is 0 Å². The lowest BCUT2D eigenvalue weighted by molar-refractivity contribution is 0.675. The summed E-state index contributed by atoms with van der Waals surface area (Å²) in [6.07, 6.45) is 11.2. The molecule has 0 aromatic heterocycles. The second kappa shape index (κ2) is 7.32. The van der Waals surface area contributed by atoms with Gasteiger partial charge in [0.05, 0.1) is 0 Å².